The maximum Gasteiger partial charge on any atom is 0.190 e. The van der Waals surface area contributed by atoms with Gasteiger partial charge in [-0.1, -0.05) is 18.7 Å². The highest BCUT2D eigenvalue weighted by molar-refractivity contribution is 7.99. The third kappa shape index (κ3) is 3.53. The molecular formula is C9H15N5S. The second kappa shape index (κ2) is 4.64. The quantitative estimate of drug-likeness (QED) is 0.771. The average Bonchev–Trinajstić information content (AvgIpc) is 2.51. The van der Waals surface area contributed by atoms with E-state index in [2.05, 4.69) is 16.3 Å². The number of nitrogens with two attached hydrogens (primary N) is 1. The molecule has 1 aromatic heterocycles. The van der Waals surface area contributed by atoms with Crippen molar-refractivity contribution in [3.05, 3.63) is 6.33 Å². The summed E-state index contributed by atoms with van der Waals surface area (Å²) in [4.78, 5) is 0. The molecular weight excluding hydrogens is 210 g/mol. The van der Waals surface area contributed by atoms with E-state index >= 15 is 0 Å². The predicted molar refractivity (Wildman–Crippen MR) is 59.1 cm³/mol. The minimum absolute atomic E-state index is 0.238. The van der Waals surface area contributed by atoms with Gasteiger partial charge in [0.15, 0.2) is 5.16 Å². The zero-order chi connectivity index (χ0) is 11.5. The lowest BCUT2D eigenvalue weighted by molar-refractivity contribution is 0.544. The summed E-state index contributed by atoms with van der Waals surface area (Å²) in [6.07, 6.45) is 2.28. The van der Waals surface area contributed by atoms with Gasteiger partial charge in [0.2, 0.25) is 0 Å². The van der Waals surface area contributed by atoms with Crippen molar-refractivity contribution in [2.45, 2.75) is 36.2 Å². The second-order valence-electron chi connectivity index (χ2n) is 3.89. The van der Waals surface area contributed by atoms with Crippen LogP contribution < -0.4 is 5.73 Å². The third-order valence-corrected chi connectivity index (χ3v) is 3.09. The van der Waals surface area contributed by atoms with Gasteiger partial charge in [0.25, 0.3) is 0 Å². The maximum absolute atomic E-state index is 8.81. The molecule has 1 aromatic rings. The van der Waals surface area contributed by atoms with Gasteiger partial charge in [0.05, 0.1) is 6.07 Å². The number of nitriles is 1. The van der Waals surface area contributed by atoms with Gasteiger partial charge in [-0.25, -0.2) is 0 Å². The molecule has 0 aliphatic rings. The highest BCUT2D eigenvalue weighted by Gasteiger charge is 2.22. The zero-order valence-electron chi connectivity index (χ0n) is 9.14. The van der Waals surface area contributed by atoms with Crippen LogP contribution in [0.3, 0.4) is 0 Å². The molecule has 0 spiro atoms. The Morgan fingerprint density at radius 1 is 1.80 bits per heavy atom. The SMILES string of the molecule is CC(CC(C)(N)C#N)Sc1nncn1C. The van der Waals surface area contributed by atoms with Gasteiger partial charge in [-0.15, -0.1) is 10.2 Å². The number of thioether (sulfide) groups is 1. The van der Waals surface area contributed by atoms with E-state index in [1.807, 2.05) is 18.5 Å². The summed E-state index contributed by atoms with van der Waals surface area (Å²) in [5, 5.41) is 17.6. The average molecular weight is 225 g/mol. The summed E-state index contributed by atoms with van der Waals surface area (Å²) in [5.74, 6) is 0. The van der Waals surface area contributed by atoms with Crippen LogP contribution in [0.1, 0.15) is 20.3 Å². The van der Waals surface area contributed by atoms with Crippen LogP contribution in [0.15, 0.2) is 11.5 Å². The monoisotopic (exact) mass is 225 g/mol. The van der Waals surface area contributed by atoms with Crippen LogP contribution in [-0.4, -0.2) is 25.6 Å². The smallest absolute Gasteiger partial charge is 0.190 e. The highest BCUT2D eigenvalue weighted by Crippen LogP contribution is 2.25. The number of aryl methyl sites for hydroxylation is 1. The normalized spacial score (nSPS) is 16.7. The van der Waals surface area contributed by atoms with Crippen LogP contribution in [0.5, 0.6) is 0 Å². The molecule has 2 N–H and O–H groups in total. The molecule has 0 amide bonds. The first kappa shape index (κ1) is 12.0. The Bertz CT molecular complexity index is 365. The van der Waals surface area contributed by atoms with Crippen LogP contribution >= 0.6 is 11.8 Å². The van der Waals surface area contributed by atoms with Gasteiger partial charge in [0.1, 0.15) is 11.9 Å². The minimum Gasteiger partial charge on any atom is -0.314 e. The van der Waals surface area contributed by atoms with E-state index in [0.717, 1.165) is 5.16 Å². The number of hydrogen-bond acceptors (Lipinski definition) is 5. The fourth-order valence-electron chi connectivity index (χ4n) is 1.24. The van der Waals surface area contributed by atoms with Crippen LogP contribution in [0.4, 0.5) is 0 Å². The van der Waals surface area contributed by atoms with Crippen LogP contribution in [0, 0.1) is 11.3 Å². The molecule has 82 valence electrons. The first-order chi connectivity index (χ1) is 6.94. The number of aromatic nitrogens is 3. The van der Waals surface area contributed by atoms with E-state index in [1.54, 1.807) is 25.0 Å². The molecule has 0 aromatic carbocycles. The van der Waals surface area contributed by atoms with Gasteiger partial charge < -0.3 is 10.3 Å². The minimum atomic E-state index is -0.773. The summed E-state index contributed by atoms with van der Waals surface area (Å²) in [6.45, 7) is 3.77. The fraction of sp³-hybridized carbons (Fsp3) is 0.667. The lowest BCUT2D eigenvalue weighted by Gasteiger charge is -2.19. The molecule has 6 heteroatoms. The van der Waals surface area contributed by atoms with Crippen molar-refractivity contribution in [2.24, 2.45) is 12.8 Å². The third-order valence-electron chi connectivity index (χ3n) is 1.94. The molecule has 0 aliphatic heterocycles. The van der Waals surface area contributed by atoms with Crippen molar-refractivity contribution in [3.63, 3.8) is 0 Å². The van der Waals surface area contributed by atoms with E-state index < -0.39 is 5.54 Å². The molecule has 0 radical (unpaired) electrons. The summed E-state index contributed by atoms with van der Waals surface area (Å²) in [7, 11) is 1.89. The fourth-order valence-corrected chi connectivity index (χ4v) is 2.34. The van der Waals surface area contributed by atoms with Crippen molar-refractivity contribution in [2.75, 3.05) is 0 Å². The van der Waals surface area contributed by atoms with Crippen molar-refractivity contribution in [1.29, 1.82) is 5.26 Å². The van der Waals surface area contributed by atoms with E-state index in [4.69, 9.17) is 11.0 Å². The Morgan fingerprint density at radius 2 is 2.47 bits per heavy atom. The second-order valence-corrected chi connectivity index (χ2v) is 5.29. The van der Waals surface area contributed by atoms with Gasteiger partial charge in [-0.2, -0.15) is 5.26 Å². The Kier molecular flexibility index (Phi) is 3.72. The molecule has 1 heterocycles. The van der Waals surface area contributed by atoms with Crippen molar-refractivity contribution >= 4 is 11.8 Å². The summed E-state index contributed by atoms with van der Waals surface area (Å²) in [6, 6.07) is 2.09. The molecule has 0 saturated carbocycles. The molecule has 0 aliphatic carbocycles. The van der Waals surface area contributed by atoms with Crippen LogP contribution in [0.2, 0.25) is 0 Å². The lowest BCUT2D eigenvalue weighted by atomic mass is 10.00. The van der Waals surface area contributed by atoms with Gasteiger partial charge >= 0.3 is 0 Å². The Labute approximate surface area is 93.7 Å². The Morgan fingerprint density at radius 3 is 2.93 bits per heavy atom. The van der Waals surface area contributed by atoms with Gasteiger partial charge in [-0.3, -0.25) is 0 Å². The maximum atomic E-state index is 8.81. The van der Waals surface area contributed by atoms with E-state index in [0.29, 0.717) is 6.42 Å². The Hall–Kier alpha value is -1.06. The van der Waals surface area contributed by atoms with Gasteiger partial charge in [0, 0.05) is 12.3 Å². The standard InChI is InChI=1S/C9H15N5S/c1-7(4-9(2,11)5-10)15-8-13-12-6-14(8)3/h6-7H,4,11H2,1-3H3. The zero-order valence-corrected chi connectivity index (χ0v) is 9.95. The lowest BCUT2D eigenvalue weighted by Crippen LogP contribution is -2.36. The summed E-state index contributed by atoms with van der Waals surface area (Å²) in [5.41, 5.74) is 4.99. The first-order valence-corrected chi connectivity index (χ1v) is 5.53. The predicted octanol–water partition coefficient (Wildman–Crippen LogP) is 0.927. The molecule has 0 saturated heterocycles. The largest absolute Gasteiger partial charge is 0.314 e. The molecule has 5 nitrogen and oxygen atoms in total. The molecule has 0 fully saturated rings. The molecule has 2 unspecified atom stereocenters. The van der Waals surface area contributed by atoms with Crippen LogP contribution in [0.25, 0.3) is 0 Å². The Balaban J connectivity index is 2.55. The molecule has 1 rings (SSSR count). The number of nitrogens with zero attached hydrogens (tertiary/aromatic N) is 4. The van der Waals surface area contributed by atoms with Crippen LogP contribution in [-0.2, 0) is 7.05 Å². The topological polar surface area (TPSA) is 80.5 Å². The van der Waals surface area contributed by atoms with E-state index in [1.165, 1.54) is 0 Å². The number of hydrogen-bond donors (Lipinski definition) is 1. The van der Waals surface area contributed by atoms with Crippen molar-refractivity contribution in [1.82, 2.24) is 14.8 Å². The molecule has 0 bridgehead atoms. The van der Waals surface area contributed by atoms with Crippen molar-refractivity contribution in [3.8, 4) is 6.07 Å². The van der Waals surface area contributed by atoms with Gasteiger partial charge in [-0.05, 0) is 13.3 Å². The van der Waals surface area contributed by atoms with E-state index in [-0.39, 0.29) is 5.25 Å². The molecule has 15 heavy (non-hydrogen) atoms. The summed E-state index contributed by atoms with van der Waals surface area (Å²) >= 11 is 1.58. The van der Waals surface area contributed by atoms with Crippen molar-refractivity contribution < 1.29 is 0 Å². The highest BCUT2D eigenvalue weighted by atomic mass is 32.2. The van der Waals surface area contributed by atoms with E-state index in [9.17, 15) is 0 Å². The number of rotatable bonds is 4. The first-order valence-electron chi connectivity index (χ1n) is 4.65. The summed E-state index contributed by atoms with van der Waals surface area (Å²) < 4.78 is 1.85. The molecule has 2 atom stereocenters.